The zero-order chi connectivity index (χ0) is 16.0. The van der Waals surface area contributed by atoms with Crippen LogP contribution >= 0.6 is 0 Å². The van der Waals surface area contributed by atoms with E-state index in [2.05, 4.69) is 4.84 Å². The summed E-state index contributed by atoms with van der Waals surface area (Å²) >= 11 is 0. The standard InChI is InChI=1S/C14H7NO7/c16-11-6-3-1-2-4-7(6)12(17)10-8(11)5-9(22-15(20)21)13(18)14(10)19/h1-5,18-19H. The van der Waals surface area contributed by atoms with Crippen molar-refractivity contribution in [3.05, 3.63) is 62.7 Å². The summed E-state index contributed by atoms with van der Waals surface area (Å²) in [6, 6.07) is 6.82. The van der Waals surface area contributed by atoms with Gasteiger partial charge in [-0.05, 0) is 6.07 Å². The SMILES string of the molecule is O=C1c2ccccc2C(=O)c2c1cc(O[N+](=O)[O-])c(O)c2O. The highest BCUT2D eigenvalue weighted by atomic mass is 17.0. The minimum absolute atomic E-state index is 0.0812. The van der Waals surface area contributed by atoms with Crippen molar-refractivity contribution in [2.45, 2.75) is 0 Å². The first-order chi connectivity index (χ1) is 10.4. The number of fused-ring (bicyclic) bond motifs is 2. The van der Waals surface area contributed by atoms with E-state index in [4.69, 9.17) is 0 Å². The summed E-state index contributed by atoms with van der Waals surface area (Å²) in [6.07, 6.45) is 0. The number of hydrogen-bond donors (Lipinski definition) is 2. The van der Waals surface area contributed by atoms with Crippen LogP contribution in [0, 0.1) is 10.1 Å². The van der Waals surface area contributed by atoms with E-state index in [-0.39, 0.29) is 16.7 Å². The second kappa shape index (κ2) is 4.55. The van der Waals surface area contributed by atoms with E-state index in [1.807, 2.05) is 0 Å². The van der Waals surface area contributed by atoms with Gasteiger partial charge in [-0.3, -0.25) is 14.4 Å². The number of ketones is 2. The Bertz CT molecular complexity index is 857. The van der Waals surface area contributed by atoms with E-state index in [0.29, 0.717) is 0 Å². The number of nitrogens with zero attached hydrogens (tertiary/aromatic N) is 1. The van der Waals surface area contributed by atoms with E-state index in [1.165, 1.54) is 12.1 Å². The van der Waals surface area contributed by atoms with Gasteiger partial charge in [0, 0.05) is 16.7 Å². The van der Waals surface area contributed by atoms with Crippen molar-refractivity contribution in [1.82, 2.24) is 0 Å². The minimum atomic E-state index is -1.20. The monoisotopic (exact) mass is 301 g/mol. The predicted octanol–water partition coefficient (Wildman–Crippen LogP) is 1.44. The average molecular weight is 301 g/mol. The van der Waals surface area contributed by atoms with Gasteiger partial charge in [0.05, 0.1) is 5.56 Å². The Morgan fingerprint density at radius 1 is 0.955 bits per heavy atom. The fourth-order valence-corrected chi connectivity index (χ4v) is 2.35. The van der Waals surface area contributed by atoms with Crippen molar-refractivity contribution in [1.29, 1.82) is 0 Å². The number of benzene rings is 2. The van der Waals surface area contributed by atoms with E-state index in [1.54, 1.807) is 12.1 Å². The molecule has 0 bridgehead atoms. The molecule has 0 fully saturated rings. The van der Waals surface area contributed by atoms with Crippen LogP contribution < -0.4 is 4.84 Å². The molecule has 0 spiro atoms. The van der Waals surface area contributed by atoms with Crippen LogP contribution in [0.3, 0.4) is 0 Å². The molecule has 0 atom stereocenters. The van der Waals surface area contributed by atoms with Crippen LogP contribution in [-0.4, -0.2) is 26.9 Å². The highest BCUT2D eigenvalue weighted by Gasteiger charge is 2.34. The molecule has 0 heterocycles. The molecule has 0 radical (unpaired) electrons. The quantitative estimate of drug-likeness (QED) is 0.416. The van der Waals surface area contributed by atoms with Gasteiger partial charge in [-0.25, -0.2) is 0 Å². The first-order valence-electron chi connectivity index (χ1n) is 6.01. The number of phenolic OH excluding ortho intramolecular Hbond substituents is 2. The first kappa shape index (κ1) is 13.6. The molecule has 2 N–H and O–H groups in total. The van der Waals surface area contributed by atoms with E-state index >= 15 is 0 Å². The summed E-state index contributed by atoms with van der Waals surface area (Å²) in [6.45, 7) is 0. The topological polar surface area (TPSA) is 127 Å². The summed E-state index contributed by atoms with van der Waals surface area (Å²) in [4.78, 5) is 39.2. The van der Waals surface area contributed by atoms with Crippen molar-refractivity contribution in [3.8, 4) is 17.2 Å². The maximum Gasteiger partial charge on any atom is 0.299 e. The molecule has 110 valence electrons. The second-order valence-electron chi connectivity index (χ2n) is 4.51. The lowest BCUT2D eigenvalue weighted by Crippen LogP contribution is -2.21. The van der Waals surface area contributed by atoms with Gasteiger partial charge in [-0.2, -0.15) is 0 Å². The lowest BCUT2D eigenvalue weighted by molar-refractivity contribution is -0.711. The molecular formula is C14H7NO7. The summed E-state index contributed by atoms with van der Waals surface area (Å²) in [5.74, 6) is -3.89. The zero-order valence-corrected chi connectivity index (χ0v) is 10.8. The fourth-order valence-electron chi connectivity index (χ4n) is 2.35. The Kier molecular flexibility index (Phi) is 2.81. The largest absolute Gasteiger partial charge is 0.504 e. The number of carbonyl (C=O) groups is 2. The Hall–Kier alpha value is -3.42. The Labute approximate surface area is 122 Å². The van der Waals surface area contributed by atoms with Crippen LogP contribution in [-0.2, 0) is 0 Å². The molecule has 1 aliphatic rings. The third-order valence-electron chi connectivity index (χ3n) is 3.30. The lowest BCUT2D eigenvalue weighted by Gasteiger charge is -2.19. The van der Waals surface area contributed by atoms with Crippen molar-refractivity contribution in [3.63, 3.8) is 0 Å². The van der Waals surface area contributed by atoms with Gasteiger partial charge in [-0.15, -0.1) is 10.1 Å². The molecular weight excluding hydrogens is 294 g/mol. The van der Waals surface area contributed by atoms with Crippen molar-refractivity contribution < 1.29 is 29.7 Å². The highest BCUT2D eigenvalue weighted by Crippen LogP contribution is 2.44. The van der Waals surface area contributed by atoms with Gasteiger partial charge in [0.15, 0.2) is 28.8 Å². The van der Waals surface area contributed by atoms with Crippen LogP contribution in [0.5, 0.6) is 17.2 Å². The Balaban J connectivity index is 2.29. The van der Waals surface area contributed by atoms with Crippen molar-refractivity contribution >= 4 is 11.6 Å². The van der Waals surface area contributed by atoms with Crippen molar-refractivity contribution in [2.75, 3.05) is 0 Å². The van der Waals surface area contributed by atoms with Crippen LogP contribution in [0.4, 0.5) is 0 Å². The fraction of sp³-hybridized carbons (Fsp3) is 0. The number of rotatable bonds is 2. The van der Waals surface area contributed by atoms with Gasteiger partial charge < -0.3 is 10.2 Å². The zero-order valence-electron chi connectivity index (χ0n) is 10.8. The molecule has 0 unspecified atom stereocenters. The predicted molar refractivity (Wildman–Crippen MR) is 70.7 cm³/mol. The smallest absolute Gasteiger partial charge is 0.299 e. The molecule has 2 aromatic rings. The summed E-state index contributed by atoms with van der Waals surface area (Å²) in [7, 11) is 0. The lowest BCUT2D eigenvalue weighted by atomic mass is 9.83. The minimum Gasteiger partial charge on any atom is -0.504 e. The molecule has 1 aliphatic carbocycles. The number of aromatic hydroxyl groups is 2. The molecule has 0 aromatic heterocycles. The molecule has 0 amide bonds. The third kappa shape index (κ3) is 1.78. The van der Waals surface area contributed by atoms with Crippen molar-refractivity contribution in [2.24, 2.45) is 0 Å². The maximum atomic E-state index is 12.4. The van der Waals surface area contributed by atoms with Gasteiger partial charge >= 0.3 is 0 Å². The van der Waals surface area contributed by atoms with Crippen LogP contribution in [0.2, 0.25) is 0 Å². The average Bonchev–Trinajstić information content (AvgIpc) is 2.49. The first-order valence-corrected chi connectivity index (χ1v) is 6.01. The Morgan fingerprint density at radius 2 is 1.55 bits per heavy atom. The van der Waals surface area contributed by atoms with Crippen LogP contribution in [0.15, 0.2) is 30.3 Å². The van der Waals surface area contributed by atoms with Gasteiger partial charge in [0.25, 0.3) is 5.09 Å². The molecule has 0 saturated heterocycles. The molecule has 8 nitrogen and oxygen atoms in total. The summed E-state index contributed by atoms with van der Waals surface area (Å²) in [5.41, 5.74) is -0.484. The summed E-state index contributed by atoms with van der Waals surface area (Å²) < 4.78 is 0. The van der Waals surface area contributed by atoms with Crippen LogP contribution in [0.25, 0.3) is 0 Å². The summed E-state index contributed by atoms with van der Waals surface area (Å²) in [5, 5.41) is 28.8. The molecule has 0 saturated carbocycles. The molecule has 3 rings (SSSR count). The number of phenols is 2. The highest BCUT2D eigenvalue weighted by molar-refractivity contribution is 6.29. The molecule has 2 aromatic carbocycles. The van der Waals surface area contributed by atoms with Gasteiger partial charge in [0.1, 0.15) is 0 Å². The van der Waals surface area contributed by atoms with Crippen LogP contribution in [0.1, 0.15) is 31.8 Å². The van der Waals surface area contributed by atoms with E-state index in [9.17, 15) is 29.9 Å². The normalized spacial score (nSPS) is 12.5. The number of hydrogen-bond acceptors (Lipinski definition) is 7. The second-order valence-corrected chi connectivity index (χ2v) is 4.51. The van der Waals surface area contributed by atoms with E-state index < -0.39 is 39.5 Å². The molecule has 0 aliphatic heterocycles. The van der Waals surface area contributed by atoms with E-state index in [0.717, 1.165) is 6.07 Å². The third-order valence-corrected chi connectivity index (χ3v) is 3.30. The number of carbonyl (C=O) groups excluding carboxylic acids is 2. The van der Waals surface area contributed by atoms with Gasteiger partial charge in [0.2, 0.25) is 0 Å². The molecule has 8 heteroatoms. The van der Waals surface area contributed by atoms with Gasteiger partial charge in [-0.1, -0.05) is 24.3 Å². The molecule has 22 heavy (non-hydrogen) atoms. The maximum absolute atomic E-state index is 12.4. The Morgan fingerprint density at radius 3 is 2.14 bits per heavy atom.